The van der Waals surface area contributed by atoms with E-state index in [-0.39, 0.29) is 50.8 Å². The Hall–Kier alpha value is -4.32. The van der Waals surface area contributed by atoms with Crippen LogP contribution in [-0.4, -0.2) is 39.0 Å². The molecule has 1 N–H and O–H groups in total. The van der Waals surface area contributed by atoms with Gasteiger partial charge in [0.2, 0.25) is 5.13 Å². The maximum Gasteiger partial charge on any atom is 0.296 e. The Morgan fingerprint density at radius 1 is 1.08 bits per heavy atom. The summed E-state index contributed by atoms with van der Waals surface area (Å²) in [6, 6.07) is 7.04. The van der Waals surface area contributed by atoms with E-state index in [1.54, 1.807) is 19.1 Å². The molecule has 1 amide bonds. The molecule has 0 atom stereocenters. The zero-order valence-corrected chi connectivity index (χ0v) is 20.2. The highest BCUT2D eigenvalue weighted by atomic mass is 32.1. The van der Waals surface area contributed by atoms with E-state index < -0.39 is 17.5 Å². The van der Waals surface area contributed by atoms with Gasteiger partial charge in [-0.25, -0.2) is 8.78 Å². The monoisotopic (exact) mass is 511 g/mol. The number of nitrogens with zero attached hydrogens (tertiary/aromatic N) is 4. The highest BCUT2D eigenvalue weighted by Crippen LogP contribution is 2.35. The predicted molar refractivity (Wildman–Crippen MR) is 127 cm³/mol. The van der Waals surface area contributed by atoms with Gasteiger partial charge < -0.3 is 9.47 Å². The molecule has 0 aliphatic rings. The summed E-state index contributed by atoms with van der Waals surface area (Å²) < 4.78 is 39.6. The maximum atomic E-state index is 14.7. The standard InChI is InChI=1S/C24H19F2N5O4S/c1-12-7-15(21-17(25)5-4-6-20(21)34-3)16(10-27-12)22(33)29-23-30-31-24(36-23)35-11-19-18(26)8-14(9-28-19)13(2)32/h4-10H,11H2,1-3H3,(H,29,30,33). The number of methoxy groups -OCH3 is 1. The van der Waals surface area contributed by atoms with Crippen LogP contribution in [0, 0.1) is 18.6 Å². The quantitative estimate of drug-likeness (QED) is 0.341. The van der Waals surface area contributed by atoms with Gasteiger partial charge in [-0.15, -0.1) is 5.10 Å². The second-order valence-electron chi connectivity index (χ2n) is 7.51. The number of aromatic nitrogens is 4. The SMILES string of the molecule is COc1cccc(F)c1-c1cc(C)ncc1C(=O)Nc1nnc(OCc2ncc(C(C)=O)cc2F)s1. The number of carbonyl (C=O) groups is 2. The molecule has 3 heterocycles. The van der Waals surface area contributed by atoms with E-state index in [1.807, 2.05) is 0 Å². The first-order chi connectivity index (χ1) is 17.3. The topological polar surface area (TPSA) is 116 Å². The van der Waals surface area contributed by atoms with Crippen LogP contribution in [-0.2, 0) is 6.61 Å². The van der Waals surface area contributed by atoms with Crippen LogP contribution in [0.4, 0.5) is 13.9 Å². The van der Waals surface area contributed by atoms with Crippen LogP contribution in [0.3, 0.4) is 0 Å². The predicted octanol–water partition coefficient (Wildman–Crippen LogP) is 4.62. The van der Waals surface area contributed by atoms with Crippen molar-refractivity contribution in [3.05, 3.63) is 76.9 Å². The van der Waals surface area contributed by atoms with Crippen molar-refractivity contribution in [3.63, 3.8) is 0 Å². The molecular formula is C24H19F2N5O4S. The summed E-state index contributed by atoms with van der Waals surface area (Å²) in [4.78, 5) is 32.4. The first-order valence-corrected chi connectivity index (χ1v) is 11.3. The third-order valence-electron chi connectivity index (χ3n) is 5.03. The van der Waals surface area contributed by atoms with E-state index in [0.29, 0.717) is 11.3 Å². The maximum absolute atomic E-state index is 14.7. The number of hydrogen-bond acceptors (Lipinski definition) is 9. The van der Waals surface area contributed by atoms with Gasteiger partial charge in [0, 0.05) is 29.2 Å². The van der Waals surface area contributed by atoms with Gasteiger partial charge in [0.05, 0.1) is 18.2 Å². The van der Waals surface area contributed by atoms with Gasteiger partial charge in [0.1, 0.15) is 29.7 Å². The van der Waals surface area contributed by atoms with E-state index in [0.717, 1.165) is 17.4 Å². The smallest absolute Gasteiger partial charge is 0.296 e. The van der Waals surface area contributed by atoms with Gasteiger partial charge in [-0.2, -0.15) is 0 Å². The summed E-state index contributed by atoms with van der Waals surface area (Å²) in [5.41, 5.74) is 1.23. The van der Waals surface area contributed by atoms with E-state index in [9.17, 15) is 18.4 Å². The fraction of sp³-hybridized carbons (Fsp3) is 0.167. The van der Waals surface area contributed by atoms with Crippen LogP contribution in [0.25, 0.3) is 11.1 Å². The minimum Gasteiger partial charge on any atom is -0.496 e. The van der Waals surface area contributed by atoms with E-state index in [2.05, 4.69) is 25.5 Å². The molecule has 0 saturated carbocycles. The third kappa shape index (κ3) is 5.33. The lowest BCUT2D eigenvalue weighted by Crippen LogP contribution is -2.14. The van der Waals surface area contributed by atoms with Crippen molar-refractivity contribution in [2.24, 2.45) is 0 Å². The van der Waals surface area contributed by atoms with Crippen LogP contribution in [0.2, 0.25) is 0 Å². The van der Waals surface area contributed by atoms with Crippen LogP contribution >= 0.6 is 11.3 Å². The summed E-state index contributed by atoms with van der Waals surface area (Å²) in [5.74, 6) is -1.89. The molecule has 0 fully saturated rings. The molecule has 0 aliphatic heterocycles. The number of benzene rings is 1. The zero-order chi connectivity index (χ0) is 25.8. The Labute approximate surface area is 208 Å². The zero-order valence-electron chi connectivity index (χ0n) is 19.3. The van der Waals surface area contributed by atoms with Crippen molar-refractivity contribution in [2.75, 3.05) is 12.4 Å². The molecule has 1 aromatic carbocycles. The summed E-state index contributed by atoms with van der Waals surface area (Å²) in [6.07, 6.45) is 2.59. The Morgan fingerprint density at radius 3 is 2.61 bits per heavy atom. The van der Waals surface area contributed by atoms with Crippen LogP contribution in [0.15, 0.2) is 42.7 Å². The molecule has 0 saturated heterocycles. The molecule has 0 unspecified atom stereocenters. The first kappa shape index (κ1) is 24.8. The van der Waals surface area contributed by atoms with Crippen molar-refractivity contribution in [2.45, 2.75) is 20.5 Å². The normalized spacial score (nSPS) is 10.7. The van der Waals surface area contributed by atoms with Gasteiger partial charge in [0.15, 0.2) is 5.78 Å². The molecule has 0 aliphatic carbocycles. The highest BCUT2D eigenvalue weighted by molar-refractivity contribution is 7.17. The molecule has 0 bridgehead atoms. The number of anilines is 1. The van der Waals surface area contributed by atoms with Crippen LogP contribution in [0.1, 0.15) is 39.0 Å². The lowest BCUT2D eigenvalue weighted by atomic mass is 9.98. The molecule has 0 radical (unpaired) electrons. The molecule has 0 spiro atoms. The van der Waals surface area contributed by atoms with Crippen molar-refractivity contribution < 1.29 is 27.8 Å². The Balaban J connectivity index is 1.51. The van der Waals surface area contributed by atoms with Gasteiger partial charge in [-0.05, 0) is 49.4 Å². The Bertz CT molecular complexity index is 1460. The second kappa shape index (κ2) is 10.5. The van der Waals surface area contributed by atoms with Gasteiger partial charge in [-0.3, -0.25) is 24.9 Å². The lowest BCUT2D eigenvalue weighted by molar-refractivity contribution is 0.101. The minimum absolute atomic E-state index is 0.0185. The fourth-order valence-electron chi connectivity index (χ4n) is 3.26. The lowest BCUT2D eigenvalue weighted by Gasteiger charge is -2.14. The Morgan fingerprint density at radius 2 is 1.89 bits per heavy atom. The average Bonchev–Trinajstić information content (AvgIpc) is 3.29. The van der Waals surface area contributed by atoms with Crippen molar-refractivity contribution in [1.82, 2.24) is 20.2 Å². The summed E-state index contributed by atoms with van der Waals surface area (Å²) in [6.45, 7) is 2.77. The molecule has 3 aromatic heterocycles. The summed E-state index contributed by atoms with van der Waals surface area (Å²) in [5, 5.41) is 10.4. The number of hydrogen-bond donors (Lipinski definition) is 1. The minimum atomic E-state index is -0.691. The second-order valence-corrected chi connectivity index (χ2v) is 8.45. The molecule has 9 nitrogen and oxygen atoms in total. The third-order valence-corrected chi connectivity index (χ3v) is 5.78. The number of ketones is 1. The number of halogens is 2. The molecular weight excluding hydrogens is 492 g/mol. The number of carbonyl (C=O) groups excluding carboxylic acids is 2. The number of pyridine rings is 2. The number of amides is 1. The molecule has 4 aromatic rings. The number of aryl methyl sites for hydroxylation is 1. The number of ether oxygens (including phenoxy) is 2. The molecule has 12 heteroatoms. The van der Waals surface area contributed by atoms with Gasteiger partial charge in [-0.1, -0.05) is 11.2 Å². The van der Waals surface area contributed by atoms with Crippen molar-refractivity contribution >= 4 is 28.2 Å². The fourth-order valence-corrected chi connectivity index (χ4v) is 3.85. The van der Waals surface area contributed by atoms with Crippen LogP contribution < -0.4 is 14.8 Å². The summed E-state index contributed by atoms with van der Waals surface area (Å²) in [7, 11) is 1.41. The number of rotatable bonds is 8. The number of Topliss-reactive ketones (excluding diaryl/α,β-unsaturated/α-hetero) is 1. The van der Waals surface area contributed by atoms with Crippen LogP contribution in [0.5, 0.6) is 10.9 Å². The van der Waals surface area contributed by atoms with Gasteiger partial charge in [0.25, 0.3) is 11.1 Å². The van der Waals surface area contributed by atoms with E-state index in [4.69, 9.17) is 9.47 Å². The molecule has 36 heavy (non-hydrogen) atoms. The molecule has 184 valence electrons. The largest absolute Gasteiger partial charge is 0.496 e. The number of nitrogens with one attached hydrogen (secondary N) is 1. The average molecular weight is 512 g/mol. The van der Waals surface area contributed by atoms with E-state index >= 15 is 0 Å². The molecule has 4 rings (SSSR count). The first-order valence-electron chi connectivity index (χ1n) is 10.5. The van der Waals surface area contributed by atoms with E-state index in [1.165, 1.54) is 38.6 Å². The van der Waals surface area contributed by atoms with Crippen molar-refractivity contribution in [1.29, 1.82) is 0 Å². The summed E-state index contributed by atoms with van der Waals surface area (Å²) >= 11 is 0.905. The Kier molecular flexibility index (Phi) is 7.25. The van der Waals surface area contributed by atoms with Crippen molar-refractivity contribution in [3.8, 4) is 22.1 Å². The van der Waals surface area contributed by atoms with Gasteiger partial charge >= 0.3 is 0 Å². The highest BCUT2D eigenvalue weighted by Gasteiger charge is 2.21.